The first-order valence-electron chi connectivity index (χ1n) is 21.1. The summed E-state index contributed by atoms with van der Waals surface area (Å²) in [5.41, 5.74) is 20.4. The molecule has 9 aromatic carbocycles. The Balaban J connectivity index is 1.03. The van der Waals surface area contributed by atoms with Gasteiger partial charge >= 0.3 is 0 Å². The van der Waals surface area contributed by atoms with Crippen molar-refractivity contribution >= 4 is 33.4 Å². The van der Waals surface area contributed by atoms with Gasteiger partial charge in [-0.05, 0) is 114 Å². The van der Waals surface area contributed by atoms with Crippen LogP contribution in [0.4, 0.5) is 17.1 Å². The van der Waals surface area contributed by atoms with Crippen LogP contribution in [0.1, 0.15) is 40.2 Å². The van der Waals surface area contributed by atoms with Gasteiger partial charge in [0.05, 0.1) is 11.1 Å². The van der Waals surface area contributed by atoms with Crippen LogP contribution in [0.2, 0.25) is 0 Å². The predicted octanol–water partition coefficient (Wildman–Crippen LogP) is 15.5. The summed E-state index contributed by atoms with van der Waals surface area (Å²) in [7, 11) is 0. The van der Waals surface area contributed by atoms with E-state index < -0.39 is 0 Å². The minimum absolute atomic E-state index is 0.188. The lowest BCUT2D eigenvalue weighted by Gasteiger charge is -2.33. The molecule has 0 radical (unpaired) electrons. The van der Waals surface area contributed by atoms with Gasteiger partial charge in [0.1, 0.15) is 0 Å². The molecule has 0 aromatic heterocycles. The fourth-order valence-corrected chi connectivity index (χ4v) is 10.8. The van der Waals surface area contributed by atoms with Gasteiger partial charge in [-0.1, -0.05) is 200 Å². The highest BCUT2D eigenvalue weighted by molar-refractivity contribution is 6.04. The summed E-state index contributed by atoms with van der Waals surface area (Å²) in [4.78, 5) is 2.44. The van der Waals surface area contributed by atoms with Crippen molar-refractivity contribution in [3.63, 3.8) is 0 Å². The molecule has 0 bridgehead atoms. The maximum atomic E-state index is 2.46. The van der Waals surface area contributed by atoms with Crippen LogP contribution in [0.3, 0.4) is 0 Å². The number of hydrogen-bond donors (Lipinski definition) is 0. The molecule has 1 heteroatoms. The molecule has 1 spiro atoms. The summed E-state index contributed by atoms with van der Waals surface area (Å²) < 4.78 is 0. The van der Waals surface area contributed by atoms with Crippen LogP contribution in [0, 0.1) is 0 Å². The predicted molar refractivity (Wildman–Crippen MR) is 251 cm³/mol. The van der Waals surface area contributed by atoms with Gasteiger partial charge in [0.2, 0.25) is 0 Å². The van der Waals surface area contributed by atoms with E-state index in [1.165, 1.54) is 83.1 Å². The van der Waals surface area contributed by atoms with Crippen molar-refractivity contribution in [2.75, 3.05) is 4.90 Å². The summed E-state index contributed by atoms with van der Waals surface area (Å²) in [5, 5.41) is 2.53. The van der Waals surface area contributed by atoms with Crippen LogP contribution in [-0.4, -0.2) is 0 Å². The molecular formula is C59H41N. The van der Waals surface area contributed by atoms with Gasteiger partial charge in [-0.2, -0.15) is 0 Å². The lowest BCUT2D eigenvalue weighted by molar-refractivity contribution is 0.772. The van der Waals surface area contributed by atoms with Crippen molar-refractivity contribution in [2.45, 2.75) is 17.8 Å². The quantitative estimate of drug-likeness (QED) is 0.163. The zero-order valence-corrected chi connectivity index (χ0v) is 33.2. The zero-order chi connectivity index (χ0) is 39.6. The van der Waals surface area contributed by atoms with E-state index in [2.05, 4.69) is 235 Å². The van der Waals surface area contributed by atoms with E-state index >= 15 is 0 Å². The van der Waals surface area contributed by atoms with Gasteiger partial charge in [0, 0.05) is 22.7 Å². The Kier molecular flexibility index (Phi) is 7.96. The normalized spacial score (nSPS) is 15.4. The Morgan fingerprint density at radius 1 is 0.383 bits per heavy atom. The van der Waals surface area contributed by atoms with E-state index in [9.17, 15) is 0 Å². The lowest BCUT2D eigenvalue weighted by Crippen LogP contribution is -2.27. The van der Waals surface area contributed by atoms with Crippen molar-refractivity contribution in [3.05, 3.63) is 264 Å². The van der Waals surface area contributed by atoms with E-state index in [1.54, 1.807) is 0 Å². The second-order valence-corrected chi connectivity index (χ2v) is 16.3. The summed E-state index contributed by atoms with van der Waals surface area (Å²) in [5.74, 6) is 0.188. The average Bonchev–Trinajstić information content (AvgIpc) is 3.80. The smallest absolute Gasteiger partial charge is 0.0722 e. The largest absolute Gasteiger partial charge is 0.310 e. The summed E-state index contributed by atoms with van der Waals surface area (Å²) in [6.45, 7) is 0. The van der Waals surface area contributed by atoms with Gasteiger partial charge in [0.15, 0.2) is 0 Å². The number of allylic oxidation sites excluding steroid dienone is 4. The third-order valence-electron chi connectivity index (χ3n) is 13.3. The highest BCUT2D eigenvalue weighted by atomic mass is 15.1. The Hall–Kier alpha value is -7.48. The monoisotopic (exact) mass is 763 g/mol. The van der Waals surface area contributed by atoms with Gasteiger partial charge < -0.3 is 4.90 Å². The topological polar surface area (TPSA) is 3.24 Å². The number of anilines is 3. The van der Waals surface area contributed by atoms with E-state index in [4.69, 9.17) is 0 Å². The molecule has 9 aromatic rings. The molecule has 0 saturated heterocycles. The van der Waals surface area contributed by atoms with Crippen LogP contribution >= 0.6 is 0 Å². The van der Waals surface area contributed by atoms with E-state index in [1.807, 2.05) is 0 Å². The lowest BCUT2D eigenvalue weighted by atomic mass is 9.68. The van der Waals surface area contributed by atoms with E-state index in [0.29, 0.717) is 0 Å². The second-order valence-electron chi connectivity index (χ2n) is 16.3. The molecule has 0 aliphatic heterocycles. The first-order valence-corrected chi connectivity index (χ1v) is 21.1. The van der Waals surface area contributed by atoms with Crippen LogP contribution in [-0.2, 0) is 5.41 Å². The highest BCUT2D eigenvalue weighted by Crippen LogP contribution is 2.65. The molecule has 0 amide bonds. The maximum absolute atomic E-state index is 2.46. The zero-order valence-electron chi connectivity index (χ0n) is 33.2. The van der Waals surface area contributed by atoms with Crippen molar-refractivity contribution in [1.82, 2.24) is 0 Å². The molecule has 0 saturated carbocycles. The van der Waals surface area contributed by atoms with Crippen molar-refractivity contribution in [3.8, 4) is 33.4 Å². The van der Waals surface area contributed by atoms with Crippen LogP contribution < -0.4 is 4.90 Å². The number of fused-ring (bicyclic) bond motifs is 10. The Morgan fingerprint density at radius 3 is 1.40 bits per heavy atom. The van der Waals surface area contributed by atoms with Crippen LogP contribution in [0.25, 0.3) is 49.7 Å². The number of nitrogens with zero attached hydrogens (tertiary/aromatic N) is 1. The van der Waals surface area contributed by atoms with Crippen LogP contribution in [0.5, 0.6) is 0 Å². The Labute approximate surface area is 351 Å². The average molecular weight is 764 g/mol. The molecule has 3 aliphatic carbocycles. The summed E-state index contributed by atoms with van der Waals surface area (Å²) in [6, 6.07) is 80.7. The number of rotatable bonds is 6. The van der Waals surface area contributed by atoms with Gasteiger partial charge in [-0.3, -0.25) is 0 Å². The summed E-state index contributed by atoms with van der Waals surface area (Å²) >= 11 is 0. The molecule has 3 aliphatic rings. The third kappa shape index (κ3) is 5.12. The van der Waals surface area contributed by atoms with Crippen LogP contribution in [0.15, 0.2) is 236 Å². The standard InChI is InChI=1S/C59H41N/c1-3-16-40(17-4-1)42-30-34-44(35-31-42)60(45-36-32-43(33-37-45)41-18-5-2-6-19-41)57-39-38-47(46-20-7-8-23-50(46)57)51-25-15-29-56-58(51)52-24-11-14-28-55(52)59(56)53-26-12-9-21-48(53)49-22-10-13-27-54(49)59/h1-24,26-39,51H,25H2. The SMILES string of the molecule is C1=CC2=C(c3ccccc3C23c2ccccc2-c2ccccc23)C(c2ccc(N(c3ccc(-c4ccccc4)cc3)c3ccc(-c4ccccc4)cc3)c3ccccc23)C1. The number of benzene rings is 9. The van der Waals surface area contributed by atoms with E-state index in [-0.39, 0.29) is 11.3 Å². The first kappa shape index (κ1) is 34.6. The summed E-state index contributed by atoms with van der Waals surface area (Å²) in [6.07, 6.45) is 5.85. The van der Waals surface area contributed by atoms with Crippen molar-refractivity contribution in [1.29, 1.82) is 0 Å². The molecule has 1 nitrogen and oxygen atoms in total. The van der Waals surface area contributed by atoms with Gasteiger partial charge in [0.25, 0.3) is 0 Å². The van der Waals surface area contributed by atoms with Crippen molar-refractivity contribution in [2.24, 2.45) is 0 Å². The first-order chi connectivity index (χ1) is 29.8. The third-order valence-corrected chi connectivity index (χ3v) is 13.3. The molecule has 282 valence electrons. The Bertz CT molecular complexity index is 3020. The molecule has 0 heterocycles. The number of hydrogen-bond acceptors (Lipinski definition) is 1. The van der Waals surface area contributed by atoms with E-state index in [0.717, 1.165) is 23.5 Å². The molecule has 1 unspecified atom stereocenters. The maximum Gasteiger partial charge on any atom is 0.0722 e. The fourth-order valence-electron chi connectivity index (χ4n) is 10.8. The van der Waals surface area contributed by atoms with Gasteiger partial charge in [-0.15, -0.1) is 0 Å². The minimum Gasteiger partial charge on any atom is -0.310 e. The van der Waals surface area contributed by atoms with Gasteiger partial charge in [-0.25, -0.2) is 0 Å². The molecule has 60 heavy (non-hydrogen) atoms. The van der Waals surface area contributed by atoms with Crippen molar-refractivity contribution < 1.29 is 0 Å². The Morgan fingerprint density at radius 2 is 0.833 bits per heavy atom. The molecule has 0 N–H and O–H groups in total. The highest BCUT2D eigenvalue weighted by Gasteiger charge is 2.53. The second kappa shape index (κ2) is 13.8. The molecule has 0 fully saturated rings. The fraction of sp³-hybridized carbons (Fsp3) is 0.0508. The minimum atomic E-state index is -0.349. The molecular weight excluding hydrogens is 723 g/mol. The molecule has 1 atom stereocenters. The molecule has 12 rings (SSSR count).